The highest BCUT2D eigenvalue weighted by molar-refractivity contribution is 5.77. The number of aliphatic hydroxyl groups excluding tert-OH is 2. The molecule has 0 spiro atoms. The lowest BCUT2D eigenvalue weighted by Crippen LogP contribution is -2.44. The number of nitrogens with two attached hydrogens (primary N) is 1. The molecule has 0 saturated carbocycles. The first-order valence-corrected chi connectivity index (χ1v) is 6.42. The number of rotatable bonds is 2. The third kappa shape index (κ3) is 2.00. The smallest absolute Gasteiger partial charge is 0.264 e. The van der Waals surface area contributed by atoms with Crippen LogP contribution in [0, 0.1) is 17.1 Å². The molecule has 0 aromatic carbocycles. The highest BCUT2D eigenvalue weighted by Crippen LogP contribution is 2.40. The van der Waals surface area contributed by atoms with Gasteiger partial charge in [0, 0.05) is 6.20 Å². The van der Waals surface area contributed by atoms with Gasteiger partial charge in [-0.2, -0.15) is 10.2 Å². The molecule has 0 radical (unpaired) electrons. The van der Waals surface area contributed by atoms with Crippen molar-refractivity contribution in [3.8, 4) is 6.07 Å². The molecule has 0 unspecified atom stereocenters. The molecule has 2 aromatic heterocycles. The number of aromatic nitrogens is 3. The maximum atomic E-state index is 14.3. The van der Waals surface area contributed by atoms with Gasteiger partial charge in [-0.15, -0.1) is 0 Å². The van der Waals surface area contributed by atoms with E-state index in [9.17, 15) is 23.8 Å². The highest BCUT2D eigenvalue weighted by Gasteiger charge is 2.56. The maximum absolute atomic E-state index is 14.3. The van der Waals surface area contributed by atoms with Crippen molar-refractivity contribution < 1.29 is 23.7 Å². The number of hydrogen-bond donors (Lipinski definition) is 4. The molecule has 3 heterocycles. The first kappa shape index (κ1) is 15.3. The Morgan fingerprint density at radius 3 is 2.91 bits per heavy atom. The minimum atomic E-state index is -2.20. The van der Waals surface area contributed by atoms with Gasteiger partial charge in [-0.3, -0.25) is 14.3 Å². The van der Waals surface area contributed by atoms with Crippen LogP contribution in [0.1, 0.15) is 6.23 Å². The van der Waals surface area contributed by atoms with Crippen molar-refractivity contribution >= 4 is 17.0 Å². The van der Waals surface area contributed by atoms with Crippen LogP contribution in [0.15, 0.2) is 11.0 Å². The largest absolute Gasteiger partial charge is 0.392 e. The molecule has 0 aliphatic carbocycles. The predicted molar refractivity (Wildman–Crippen MR) is 71.2 cm³/mol. The summed E-state index contributed by atoms with van der Waals surface area (Å²) in [5, 5.41) is 27.6. The second-order valence-electron chi connectivity index (χ2n) is 5.09. The molecule has 0 amide bonds. The summed E-state index contributed by atoms with van der Waals surface area (Å²) in [7, 11) is 0. The molecule has 0 bridgehead atoms. The van der Waals surface area contributed by atoms with Crippen LogP contribution in [0.2, 0.25) is 0 Å². The van der Waals surface area contributed by atoms with Crippen molar-refractivity contribution in [1.29, 1.82) is 5.26 Å². The third-order valence-corrected chi connectivity index (χ3v) is 3.74. The van der Waals surface area contributed by atoms with Gasteiger partial charge in [0.15, 0.2) is 23.9 Å². The molecule has 1 aliphatic rings. The van der Waals surface area contributed by atoms with Gasteiger partial charge in [-0.1, -0.05) is 0 Å². The summed E-state index contributed by atoms with van der Waals surface area (Å²) in [4.78, 5) is 17.6. The second kappa shape index (κ2) is 4.98. The van der Waals surface area contributed by atoms with Gasteiger partial charge in [-0.05, 0) is 0 Å². The van der Waals surface area contributed by atoms with E-state index in [0.29, 0.717) is 0 Å². The zero-order valence-corrected chi connectivity index (χ0v) is 11.4. The monoisotopic (exact) mass is 327 g/mol. The Balaban J connectivity index is 2.19. The molecule has 1 aliphatic heterocycles. The van der Waals surface area contributed by atoms with Gasteiger partial charge >= 0.3 is 0 Å². The van der Waals surface area contributed by atoms with E-state index in [-0.39, 0.29) is 11.6 Å². The SMILES string of the molecule is N#C[C@]1(CO)O[C@@H](n2cc(F)c3c(=O)[nH]c(N)nc32)[C@@H](F)[C@@H]1O. The average molecular weight is 327 g/mol. The number of aromatic amines is 1. The average Bonchev–Trinajstić information content (AvgIpc) is 2.96. The molecular formula is C12H11F2N5O4. The summed E-state index contributed by atoms with van der Waals surface area (Å²) in [6.45, 7) is -0.973. The molecule has 1 fully saturated rings. The lowest BCUT2D eigenvalue weighted by Gasteiger charge is -2.21. The molecule has 3 rings (SSSR count). The Labute approximate surface area is 126 Å². The van der Waals surface area contributed by atoms with Gasteiger partial charge in [0.1, 0.15) is 17.6 Å². The number of nitrogens with zero attached hydrogens (tertiary/aromatic N) is 3. The van der Waals surface area contributed by atoms with E-state index in [1.165, 1.54) is 6.07 Å². The van der Waals surface area contributed by atoms with Gasteiger partial charge in [0.25, 0.3) is 5.56 Å². The van der Waals surface area contributed by atoms with Crippen LogP contribution >= 0.6 is 0 Å². The van der Waals surface area contributed by atoms with Crippen LogP contribution in [-0.4, -0.2) is 49.2 Å². The normalized spacial score (nSPS) is 30.7. The number of H-pyrrole nitrogens is 1. The summed E-state index contributed by atoms with van der Waals surface area (Å²) in [5.41, 5.74) is 2.01. The molecular weight excluding hydrogens is 316 g/mol. The minimum absolute atomic E-state index is 0.310. The number of aliphatic hydroxyl groups is 2. The fourth-order valence-electron chi connectivity index (χ4n) is 2.55. The quantitative estimate of drug-likeness (QED) is 0.548. The lowest BCUT2D eigenvalue weighted by atomic mass is 9.99. The van der Waals surface area contributed by atoms with Crippen LogP contribution in [0.3, 0.4) is 0 Å². The van der Waals surface area contributed by atoms with Crippen molar-refractivity contribution in [3.05, 3.63) is 22.4 Å². The number of alkyl halides is 1. The van der Waals surface area contributed by atoms with E-state index in [4.69, 9.17) is 15.7 Å². The molecule has 23 heavy (non-hydrogen) atoms. The number of fused-ring (bicyclic) bond motifs is 1. The fraction of sp³-hybridized carbons (Fsp3) is 0.417. The maximum Gasteiger partial charge on any atom is 0.264 e. The zero-order valence-electron chi connectivity index (χ0n) is 11.4. The van der Waals surface area contributed by atoms with Crippen molar-refractivity contribution in [1.82, 2.24) is 14.5 Å². The summed E-state index contributed by atoms with van der Waals surface area (Å²) >= 11 is 0. The second-order valence-corrected chi connectivity index (χ2v) is 5.09. The van der Waals surface area contributed by atoms with Crippen molar-refractivity contribution in [2.45, 2.75) is 24.1 Å². The molecule has 9 nitrogen and oxygen atoms in total. The van der Waals surface area contributed by atoms with Crippen LogP contribution in [0.5, 0.6) is 0 Å². The fourth-order valence-corrected chi connectivity index (χ4v) is 2.55. The number of nitrogen functional groups attached to an aromatic ring is 1. The van der Waals surface area contributed by atoms with Gasteiger partial charge < -0.3 is 20.7 Å². The van der Waals surface area contributed by atoms with E-state index in [0.717, 1.165) is 10.8 Å². The zero-order chi connectivity index (χ0) is 16.9. The van der Waals surface area contributed by atoms with E-state index < -0.39 is 47.5 Å². The van der Waals surface area contributed by atoms with E-state index in [2.05, 4.69) is 9.97 Å². The number of nitrogens with one attached hydrogen (secondary N) is 1. The van der Waals surface area contributed by atoms with Crippen LogP contribution < -0.4 is 11.3 Å². The van der Waals surface area contributed by atoms with Gasteiger partial charge in [-0.25, -0.2) is 8.78 Å². The molecule has 4 atom stereocenters. The molecule has 122 valence electrons. The number of nitriles is 1. The number of anilines is 1. The van der Waals surface area contributed by atoms with Crippen LogP contribution in [-0.2, 0) is 4.74 Å². The lowest BCUT2D eigenvalue weighted by molar-refractivity contribution is -0.0912. The summed E-state index contributed by atoms with van der Waals surface area (Å²) in [6, 6.07) is 1.50. The Kier molecular flexibility index (Phi) is 3.33. The molecule has 11 heteroatoms. The standard InChI is InChI=1S/C12H11F2N5O4/c13-4-1-19(8-5(4)9(22)18-11(16)17-8)10-6(14)7(21)12(2-15,3-20)23-10/h1,6-7,10,20-21H,3H2,(H3,16,17,18,22)/t6-,7-,10+,12+/m0/s1. The van der Waals surface area contributed by atoms with Crippen molar-refractivity contribution in [3.63, 3.8) is 0 Å². The summed E-state index contributed by atoms with van der Waals surface area (Å²) < 4.78 is 34.3. The predicted octanol–water partition coefficient (Wildman–Crippen LogP) is -1.07. The molecule has 5 N–H and O–H groups in total. The van der Waals surface area contributed by atoms with E-state index in [1.54, 1.807) is 0 Å². The first-order chi connectivity index (χ1) is 10.8. The first-order valence-electron chi connectivity index (χ1n) is 6.42. The van der Waals surface area contributed by atoms with E-state index in [1.807, 2.05) is 0 Å². The van der Waals surface area contributed by atoms with Crippen molar-refractivity contribution in [2.75, 3.05) is 12.3 Å². The number of halogens is 2. The van der Waals surface area contributed by atoms with Gasteiger partial charge in [0.2, 0.25) is 11.5 Å². The van der Waals surface area contributed by atoms with Crippen molar-refractivity contribution in [2.24, 2.45) is 0 Å². The number of ether oxygens (including phenoxy) is 1. The molecule has 1 saturated heterocycles. The Hall–Kier alpha value is -2.55. The third-order valence-electron chi connectivity index (χ3n) is 3.74. The summed E-state index contributed by atoms with van der Waals surface area (Å²) in [5.74, 6) is -1.33. The van der Waals surface area contributed by atoms with Gasteiger partial charge in [0.05, 0.1) is 6.61 Å². The Morgan fingerprint density at radius 2 is 2.35 bits per heavy atom. The Morgan fingerprint density at radius 1 is 1.65 bits per heavy atom. The molecule has 2 aromatic rings. The highest BCUT2D eigenvalue weighted by atomic mass is 19.1. The number of hydrogen-bond acceptors (Lipinski definition) is 7. The minimum Gasteiger partial charge on any atom is -0.392 e. The summed E-state index contributed by atoms with van der Waals surface area (Å²) in [6.07, 6.45) is -5.06. The van der Waals surface area contributed by atoms with Crippen LogP contribution in [0.4, 0.5) is 14.7 Å². The topological polar surface area (TPSA) is 150 Å². The Bertz CT molecular complexity index is 875. The van der Waals surface area contributed by atoms with Crippen LogP contribution in [0.25, 0.3) is 11.0 Å². The van der Waals surface area contributed by atoms with E-state index >= 15 is 0 Å².